The van der Waals surface area contributed by atoms with Crippen LogP contribution in [0, 0.1) is 0 Å². The van der Waals surface area contributed by atoms with Crippen LogP contribution >= 0.6 is 0 Å². The third-order valence-corrected chi connectivity index (χ3v) is 3.27. The second-order valence-corrected chi connectivity index (χ2v) is 5.35. The number of rotatable bonds is 7. The minimum absolute atomic E-state index is 0.0357. The van der Waals surface area contributed by atoms with Crippen LogP contribution in [0.4, 0.5) is 0 Å². The molecule has 0 bridgehead atoms. The first kappa shape index (κ1) is 13.1. The molecule has 0 amide bonds. The van der Waals surface area contributed by atoms with E-state index < -0.39 is 16.1 Å². The molecule has 16 heavy (non-hydrogen) atoms. The Morgan fingerprint density at radius 2 is 2.38 bits per heavy atom. The van der Waals surface area contributed by atoms with Gasteiger partial charge in [0.05, 0.1) is 11.8 Å². The zero-order chi connectivity index (χ0) is 12.0. The molecule has 1 aromatic heterocycles. The lowest BCUT2D eigenvalue weighted by Gasteiger charge is -2.10. The van der Waals surface area contributed by atoms with Gasteiger partial charge in [0.15, 0.2) is 0 Å². The lowest BCUT2D eigenvalue weighted by molar-refractivity contribution is 0.167. The molecule has 1 unspecified atom stereocenters. The van der Waals surface area contributed by atoms with Crippen molar-refractivity contribution < 1.29 is 18.0 Å². The Bertz CT molecular complexity index is 388. The van der Waals surface area contributed by atoms with Gasteiger partial charge in [-0.1, -0.05) is 18.5 Å². The predicted molar refractivity (Wildman–Crippen MR) is 58.0 cm³/mol. The minimum atomic E-state index is -3.45. The molecular formula is C9H16N2O4S. The normalized spacial score (nSPS) is 13.9. The van der Waals surface area contributed by atoms with Crippen molar-refractivity contribution in [3.8, 4) is 0 Å². The van der Waals surface area contributed by atoms with E-state index in [0.29, 0.717) is 12.1 Å². The number of sulfonamides is 1. The highest BCUT2D eigenvalue weighted by Gasteiger charge is 2.14. The fourth-order valence-electron chi connectivity index (χ4n) is 1.22. The van der Waals surface area contributed by atoms with Gasteiger partial charge in [0.2, 0.25) is 10.0 Å². The summed E-state index contributed by atoms with van der Waals surface area (Å²) in [6.45, 7) is 1.96. The summed E-state index contributed by atoms with van der Waals surface area (Å²) in [5.74, 6) is -0.234. The molecular weight excluding hydrogens is 232 g/mol. The fourth-order valence-corrected chi connectivity index (χ4v) is 2.30. The number of nitrogens with zero attached hydrogens (tertiary/aromatic N) is 1. The highest BCUT2D eigenvalue weighted by molar-refractivity contribution is 7.88. The second-order valence-electron chi connectivity index (χ2n) is 3.54. The number of aromatic nitrogens is 1. The molecule has 92 valence electrons. The van der Waals surface area contributed by atoms with Crippen LogP contribution in [0.25, 0.3) is 0 Å². The van der Waals surface area contributed by atoms with Gasteiger partial charge in [-0.25, -0.2) is 13.1 Å². The van der Waals surface area contributed by atoms with Gasteiger partial charge in [0.25, 0.3) is 0 Å². The van der Waals surface area contributed by atoms with Gasteiger partial charge < -0.3 is 9.63 Å². The highest BCUT2D eigenvalue weighted by Crippen LogP contribution is 2.02. The molecule has 0 aliphatic rings. The molecule has 0 spiro atoms. The molecule has 0 fully saturated rings. The zero-order valence-corrected chi connectivity index (χ0v) is 9.90. The smallest absolute Gasteiger partial charge is 0.217 e. The standard InChI is InChI=1S/C9H16N2O4S/c1-2-3-9(12)6-10-16(13,14)7-8-4-5-15-11-8/h4-5,9-10,12H,2-3,6-7H2,1H3. The van der Waals surface area contributed by atoms with Crippen molar-refractivity contribution in [2.24, 2.45) is 0 Å². The predicted octanol–water partition coefficient (Wildman–Crippen LogP) is 0.255. The number of nitrogens with one attached hydrogen (secondary N) is 1. The average molecular weight is 248 g/mol. The van der Waals surface area contributed by atoms with E-state index in [0.717, 1.165) is 6.42 Å². The van der Waals surface area contributed by atoms with Crippen LogP contribution < -0.4 is 4.72 Å². The third kappa shape index (κ3) is 4.73. The summed E-state index contributed by atoms with van der Waals surface area (Å²) < 4.78 is 29.9. The Hall–Kier alpha value is -0.920. The SMILES string of the molecule is CCCC(O)CNS(=O)(=O)Cc1ccon1. The maximum absolute atomic E-state index is 11.5. The van der Waals surface area contributed by atoms with E-state index in [-0.39, 0.29) is 12.3 Å². The first-order chi connectivity index (χ1) is 7.53. The van der Waals surface area contributed by atoms with Crippen molar-refractivity contribution in [3.05, 3.63) is 18.0 Å². The maximum Gasteiger partial charge on any atom is 0.217 e. The van der Waals surface area contributed by atoms with Crippen LogP contribution in [0.1, 0.15) is 25.5 Å². The Labute approximate surface area is 94.7 Å². The second kappa shape index (κ2) is 5.97. The highest BCUT2D eigenvalue weighted by atomic mass is 32.2. The van der Waals surface area contributed by atoms with Gasteiger partial charge in [-0.05, 0) is 6.42 Å². The summed E-state index contributed by atoms with van der Waals surface area (Å²) in [6.07, 6.45) is 2.06. The van der Waals surface area contributed by atoms with Gasteiger partial charge in [-0.2, -0.15) is 0 Å². The lowest BCUT2D eigenvalue weighted by Crippen LogP contribution is -2.32. The summed E-state index contributed by atoms with van der Waals surface area (Å²) in [6, 6.07) is 1.49. The van der Waals surface area contributed by atoms with Crippen LogP contribution in [0.5, 0.6) is 0 Å². The minimum Gasteiger partial charge on any atom is -0.392 e. The first-order valence-electron chi connectivity index (χ1n) is 5.08. The maximum atomic E-state index is 11.5. The van der Waals surface area contributed by atoms with Crippen LogP contribution in [0.2, 0.25) is 0 Å². The van der Waals surface area contributed by atoms with Gasteiger partial charge in [-0.15, -0.1) is 0 Å². The van der Waals surface area contributed by atoms with E-state index in [1.165, 1.54) is 12.3 Å². The van der Waals surface area contributed by atoms with E-state index in [1.54, 1.807) is 0 Å². The summed E-state index contributed by atoms with van der Waals surface area (Å²) >= 11 is 0. The van der Waals surface area contributed by atoms with Gasteiger partial charge >= 0.3 is 0 Å². The van der Waals surface area contributed by atoms with E-state index in [1.807, 2.05) is 6.92 Å². The molecule has 7 heteroatoms. The van der Waals surface area contributed by atoms with Crippen molar-refractivity contribution >= 4 is 10.0 Å². The van der Waals surface area contributed by atoms with Crippen LogP contribution in [-0.2, 0) is 15.8 Å². The van der Waals surface area contributed by atoms with E-state index >= 15 is 0 Å². The van der Waals surface area contributed by atoms with Crippen molar-refractivity contribution in [2.45, 2.75) is 31.6 Å². The molecule has 1 heterocycles. The largest absolute Gasteiger partial charge is 0.392 e. The molecule has 2 N–H and O–H groups in total. The van der Waals surface area contributed by atoms with Crippen LogP contribution in [0.15, 0.2) is 16.9 Å². The van der Waals surface area contributed by atoms with Crippen LogP contribution in [0.3, 0.4) is 0 Å². The first-order valence-corrected chi connectivity index (χ1v) is 6.73. The van der Waals surface area contributed by atoms with E-state index in [4.69, 9.17) is 0 Å². The Balaban J connectivity index is 2.40. The molecule has 6 nitrogen and oxygen atoms in total. The topological polar surface area (TPSA) is 92.4 Å². The number of aliphatic hydroxyl groups is 1. The summed E-state index contributed by atoms with van der Waals surface area (Å²) in [5.41, 5.74) is 0.345. The zero-order valence-electron chi connectivity index (χ0n) is 9.09. The molecule has 0 aliphatic heterocycles. The fraction of sp³-hybridized carbons (Fsp3) is 0.667. The third-order valence-electron chi connectivity index (χ3n) is 1.99. The molecule has 1 atom stereocenters. The Kier molecular flexibility index (Phi) is 4.91. The van der Waals surface area contributed by atoms with Crippen molar-refractivity contribution in [2.75, 3.05) is 6.54 Å². The summed E-state index contributed by atoms with van der Waals surface area (Å²) in [5, 5.41) is 12.9. The number of aliphatic hydroxyl groups excluding tert-OH is 1. The molecule has 0 aliphatic carbocycles. The van der Waals surface area contributed by atoms with E-state index in [9.17, 15) is 13.5 Å². The monoisotopic (exact) mass is 248 g/mol. The van der Waals surface area contributed by atoms with Gasteiger partial charge in [0, 0.05) is 12.6 Å². The average Bonchev–Trinajstić information content (AvgIpc) is 2.67. The molecule has 0 aromatic carbocycles. The molecule has 0 saturated heterocycles. The Morgan fingerprint density at radius 3 is 2.94 bits per heavy atom. The summed E-state index contributed by atoms with van der Waals surface area (Å²) in [4.78, 5) is 0. The van der Waals surface area contributed by atoms with Crippen molar-refractivity contribution in [1.82, 2.24) is 9.88 Å². The number of hydrogen-bond donors (Lipinski definition) is 2. The number of hydrogen-bond acceptors (Lipinski definition) is 5. The van der Waals surface area contributed by atoms with Crippen molar-refractivity contribution in [3.63, 3.8) is 0 Å². The quantitative estimate of drug-likeness (QED) is 0.721. The molecule has 1 rings (SSSR count). The molecule has 0 radical (unpaired) electrons. The molecule has 1 aromatic rings. The molecule has 0 saturated carbocycles. The Morgan fingerprint density at radius 1 is 1.62 bits per heavy atom. The van der Waals surface area contributed by atoms with Crippen LogP contribution in [-0.4, -0.2) is 31.3 Å². The summed E-state index contributed by atoms with van der Waals surface area (Å²) in [7, 11) is -3.45. The van der Waals surface area contributed by atoms with Gasteiger partial charge in [-0.3, -0.25) is 0 Å². The lowest BCUT2D eigenvalue weighted by atomic mass is 10.2. The van der Waals surface area contributed by atoms with E-state index in [2.05, 4.69) is 14.4 Å². The van der Waals surface area contributed by atoms with Gasteiger partial charge in [0.1, 0.15) is 12.0 Å². The van der Waals surface area contributed by atoms with Crippen molar-refractivity contribution in [1.29, 1.82) is 0 Å².